The summed E-state index contributed by atoms with van der Waals surface area (Å²) in [6, 6.07) is 4.07. The molecule has 0 spiro atoms. The van der Waals surface area contributed by atoms with E-state index in [0.717, 1.165) is 0 Å². The summed E-state index contributed by atoms with van der Waals surface area (Å²) in [6.45, 7) is 1.60. The average Bonchev–Trinajstić information content (AvgIpc) is 2.74. The van der Waals surface area contributed by atoms with Crippen LogP contribution in [0.2, 0.25) is 0 Å². The zero-order chi connectivity index (χ0) is 12.6. The first-order chi connectivity index (χ1) is 7.99. The lowest BCUT2D eigenvalue weighted by Gasteiger charge is -2.03. The molecule has 6 heteroatoms. The molecule has 1 aromatic heterocycles. The summed E-state index contributed by atoms with van der Waals surface area (Å²) in [5, 5.41) is 30.9. The number of carbonyl (C=O) groups is 1. The van der Waals surface area contributed by atoms with E-state index in [1.165, 1.54) is 12.1 Å². The van der Waals surface area contributed by atoms with Crippen LogP contribution in [0.4, 0.5) is 0 Å². The number of aromatic nitrogens is 1. The fourth-order valence-corrected chi connectivity index (χ4v) is 1.42. The zero-order valence-corrected chi connectivity index (χ0v) is 8.84. The van der Waals surface area contributed by atoms with E-state index in [2.05, 4.69) is 5.16 Å². The third-order valence-electron chi connectivity index (χ3n) is 2.29. The normalized spacial score (nSPS) is 10.4. The van der Waals surface area contributed by atoms with Crippen molar-refractivity contribution in [3.8, 4) is 22.8 Å². The SMILES string of the molecule is Cc1cc(-c2cc(C(=O)O)no2)cc(O)c1O. The van der Waals surface area contributed by atoms with Gasteiger partial charge in [0, 0.05) is 11.6 Å². The number of nitrogens with zero attached hydrogens (tertiary/aromatic N) is 1. The number of phenols is 2. The summed E-state index contributed by atoms with van der Waals surface area (Å²) in [7, 11) is 0. The molecule has 0 radical (unpaired) electrons. The lowest BCUT2D eigenvalue weighted by Crippen LogP contribution is -1.94. The number of aryl methyl sites for hydroxylation is 1. The van der Waals surface area contributed by atoms with Crippen molar-refractivity contribution in [2.45, 2.75) is 6.92 Å². The molecule has 88 valence electrons. The molecule has 17 heavy (non-hydrogen) atoms. The van der Waals surface area contributed by atoms with Crippen molar-refractivity contribution in [3.63, 3.8) is 0 Å². The molecule has 0 amide bonds. The summed E-state index contributed by atoms with van der Waals surface area (Å²) < 4.78 is 4.84. The minimum atomic E-state index is -1.19. The Labute approximate surface area is 95.7 Å². The first-order valence-corrected chi connectivity index (χ1v) is 4.72. The molecule has 0 saturated heterocycles. The van der Waals surface area contributed by atoms with Gasteiger partial charge in [-0.25, -0.2) is 4.79 Å². The van der Waals surface area contributed by atoms with Gasteiger partial charge in [0.2, 0.25) is 0 Å². The standard InChI is InChI=1S/C11H9NO5/c1-5-2-6(3-8(13)10(5)14)9-4-7(11(15)16)12-17-9/h2-4,13-14H,1H3,(H,15,16). The van der Waals surface area contributed by atoms with Crippen LogP contribution in [0, 0.1) is 6.92 Å². The summed E-state index contributed by atoms with van der Waals surface area (Å²) in [6.07, 6.45) is 0. The van der Waals surface area contributed by atoms with Crippen molar-refractivity contribution in [2.75, 3.05) is 0 Å². The quantitative estimate of drug-likeness (QED) is 0.685. The summed E-state index contributed by atoms with van der Waals surface area (Å²) in [5.74, 6) is -1.50. The van der Waals surface area contributed by atoms with E-state index in [0.29, 0.717) is 11.1 Å². The zero-order valence-electron chi connectivity index (χ0n) is 8.84. The maximum Gasteiger partial charge on any atom is 0.358 e. The Kier molecular flexibility index (Phi) is 2.47. The molecule has 6 nitrogen and oxygen atoms in total. The number of rotatable bonds is 2. The number of benzene rings is 1. The molecule has 0 bridgehead atoms. The van der Waals surface area contributed by atoms with Crippen molar-refractivity contribution in [1.82, 2.24) is 5.16 Å². The molecule has 2 rings (SSSR count). The molecule has 0 fully saturated rings. The average molecular weight is 235 g/mol. The van der Waals surface area contributed by atoms with E-state index in [4.69, 9.17) is 9.63 Å². The van der Waals surface area contributed by atoms with E-state index in [-0.39, 0.29) is 23.0 Å². The van der Waals surface area contributed by atoms with Gasteiger partial charge < -0.3 is 19.8 Å². The molecule has 0 atom stereocenters. The van der Waals surface area contributed by atoms with Crippen LogP contribution in [0.1, 0.15) is 16.1 Å². The lowest BCUT2D eigenvalue weighted by molar-refractivity contribution is 0.0686. The topological polar surface area (TPSA) is 104 Å². The molecule has 3 N–H and O–H groups in total. The highest BCUT2D eigenvalue weighted by atomic mass is 16.5. The third-order valence-corrected chi connectivity index (χ3v) is 2.29. The van der Waals surface area contributed by atoms with Gasteiger partial charge in [-0.2, -0.15) is 0 Å². The van der Waals surface area contributed by atoms with Crippen molar-refractivity contribution < 1.29 is 24.6 Å². The largest absolute Gasteiger partial charge is 0.504 e. The minimum Gasteiger partial charge on any atom is -0.504 e. The smallest absolute Gasteiger partial charge is 0.358 e. The molecule has 2 aromatic rings. The van der Waals surface area contributed by atoms with Crippen LogP contribution in [-0.4, -0.2) is 26.4 Å². The van der Waals surface area contributed by atoms with Gasteiger partial charge in [0.25, 0.3) is 0 Å². The molecule has 0 aliphatic carbocycles. The first-order valence-electron chi connectivity index (χ1n) is 4.72. The molecule has 0 aliphatic heterocycles. The van der Waals surface area contributed by atoms with Crippen LogP contribution in [0.15, 0.2) is 22.7 Å². The molecular weight excluding hydrogens is 226 g/mol. The molecule has 1 heterocycles. The van der Waals surface area contributed by atoms with Gasteiger partial charge in [-0.15, -0.1) is 0 Å². The van der Waals surface area contributed by atoms with Crippen molar-refractivity contribution in [2.24, 2.45) is 0 Å². The van der Waals surface area contributed by atoms with Gasteiger partial charge >= 0.3 is 5.97 Å². The molecule has 0 saturated carbocycles. The fraction of sp³-hybridized carbons (Fsp3) is 0.0909. The predicted molar refractivity (Wildman–Crippen MR) is 57.0 cm³/mol. The van der Waals surface area contributed by atoms with E-state index < -0.39 is 5.97 Å². The number of hydrogen-bond acceptors (Lipinski definition) is 5. The Bertz CT molecular complexity index is 564. The Morgan fingerprint density at radius 1 is 1.29 bits per heavy atom. The van der Waals surface area contributed by atoms with E-state index in [9.17, 15) is 15.0 Å². The highest BCUT2D eigenvalue weighted by molar-refractivity contribution is 5.86. The first kappa shape index (κ1) is 11.0. The summed E-state index contributed by atoms with van der Waals surface area (Å²) >= 11 is 0. The van der Waals surface area contributed by atoms with Crippen molar-refractivity contribution in [1.29, 1.82) is 0 Å². The number of aromatic carboxylic acids is 1. The van der Waals surface area contributed by atoms with Gasteiger partial charge in [-0.05, 0) is 24.6 Å². The van der Waals surface area contributed by atoms with Crippen LogP contribution >= 0.6 is 0 Å². The Balaban J connectivity index is 2.49. The van der Waals surface area contributed by atoms with Gasteiger partial charge in [-0.1, -0.05) is 5.16 Å². The molecule has 0 aliphatic rings. The molecule has 0 unspecified atom stereocenters. The van der Waals surface area contributed by atoms with Gasteiger partial charge in [0.05, 0.1) is 0 Å². The second-order valence-corrected chi connectivity index (χ2v) is 3.54. The highest BCUT2D eigenvalue weighted by Crippen LogP contribution is 2.34. The van der Waals surface area contributed by atoms with Gasteiger partial charge in [0.15, 0.2) is 23.0 Å². The van der Waals surface area contributed by atoms with Crippen LogP contribution in [0.3, 0.4) is 0 Å². The van der Waals surface area contributed by atoms with Crippen molar-refractivity contribution >= 4 is 5.97 Å². The molecule has 1 aromatic carbocycles. The van der Waals surface area contributed by atoms with Crippen LogP contribution in [0.25, 0.3) is 11.3 Å². The van der Waals surface area contributed by atoms with Crippen LogP contribution in [0.5, 0.6) is 11.5 Å². The number of carboxylic acid groups (broad SMARTS) is 1. The van der Waals surface area contributed by atoms with Gasteiger partial charge in [-0.3, -0.25) is 0 Å². The minimum absolute atomic E-state index is 0.209. The highest BCUT2D eigenvalue weighted by Gasteiger charge is 2.14. The Morgan fingerprint density at radius 2 is 2.00 bits per heavy atom. The van der Waals surface area contributed by atoms with E-state index >= 15 is 0 Å². The maximum atomic E-state index is 10.6. The summed E-state index contributed by atoms with van der Waals surface area (Å²) in [4.78, 5) is 10.6. The Morgan fingerprint density at radius 3 is 2.53 bits per heavy atom. The van der Waals surface area contributed by atoms with E-state index in [1.54, 1.807) is 13.0 Å². The monoisotopic (exact) mass is 235 g/mol. The Hall–Kier alpha value is -2.50. The fourth-order valence-electron chi connectivity index (χ4n) is 1.42. The molecular formula is C11H9NO5. The number of aromatic hydroxyl groups is 2. The summed E-state index contributed by atoms with van der Waals surface area (Å²) in [5.41, 5.74) is 0.677. The third kappa shape index (κ3) is 1.92. The number of phenolic OH excluding ortho intramolecular Hbond substituents is 2. The van der Waals surface area contributed by atoms with Crippen molar-refractivity contribution in [3.05, 3.63) is 29.5 Å². The van der Waals surface area contributed by atoms with Crippen LogP contribution in [-0.2, 0) is 0 Å². The maximum absolute atomic E-state index is 10.6. The predicted octanol–water partition coefficient (Wildman–Crippen LogP) is 1.76. The van der Waals surface area contributed by atoms with Gasteiger partial charge in [0.1, 0.15) is 0 Å². The van der Waals surface area contributed by atoms with E-state index in [1.807, 2.05) is 0 Å². The number of carboxylic acids is 1. The second-order valence-electron chi connectivity index (χ2n) is 3.54. The lowest BCUT2D eigenvalue weighted by atomic mass is 10.1. The second kappa shape index (κ2) is 3.82. The van der Waals surface area contributed by atoms with Crippen LogP contribution < -0.4 is 0 Å². The number of hydrogen-bond donors (Lipinski definition) is 3.